The predicted octanol–water partition coefficient (Wildman–Crippen LogP) is 2.90. The molecular weight excluding hydrogens is 188 g/mol. The van der Waals surface area contributed by atoms with E-state index in [1.54, 1.807) is 6.08 Å². The van der Waals surface area contributed by atoms with Gasteiger partial charge >= 0.3 is 5.97 Å². The lowest BCUT2D eigenvalue weighted by Crippen LogP contribution is -2.16. The Kier molecular flexibility index (Phi) is 6.69. The highest BCUT2D eigenvalue weighted by atomic mass is 35.5. The number of hydrogen-bond acceptors (Lipinski definition) is 2. The van der Waals surface area contributed by atoms with Crippen LogP contribution in [0.25, 0.3) is 0 Å². The molecule has 0 fully saturated rings. The molecular formula is C10H17ClO2. The van der Waals surface area contributed by atoms with Gasteiger partial charge in [-0.3, -0.25) is 0 Å². The van der Waals surface area contributed by atoms with Crippen LogP contribution in [0.3, 0.4) is 0 Å². The van der Waals surface area contributed by atoms with Gasteiger partial charge in [0.05, 0.1) is 12.0 Å². The van der Waals surface area contributed by atoms with Gasteiger partial charge < -0.3 is 4.74 Å². The summed E-state index contributed by atoms with van der Waals surface area (Å²) in [7, 11) is 0. The third-order valence-electron chi connectivity index (χ3n) is 1.74. The van der Waals surface area contributed by atoms with E-state index in [0.717, 1.165) is 12.8 Å². The molecule has 0 bridgehead atoms. The summed E-state index contributed by atoms with van der Waals surface area (Å²) in [4.78, 5) is 11.4. The Bertz CT molecular complexity index is 187. The molecule has 3 heteroatoms. The van der Waals surface area contributed by atoms with Crippen LogP contribution in [0.5, 0.6) is 0 Å². The first-order chi connectivity index (χ1) is 6.15. The Morgan fingerprint density at radius 1 is 1.54 bits per heavy atom. The first kappa shape index (κ1) is 12.5. The van der Waals surface area contributed by atoms with Crippen LogP contribution in [0.2, 0.25) is 0 Å². The van der Waals surface area contributed by atoms with E-state index in [1.807, 2.05) is 20.8 Å². The fraction of sp³-hybridized carbons (Fsp3) is 0.700. The van der Waals surface area contributed by atoms with E-state index in [9.17, 15) is 4.79 Å². The quantitative estimate of drug-likeness (QED) is 0.391. The number of ether oxygens (including phenoxy) is 1. The molecule has 13 heavy (non-hydrogen) atoms. The molecule has 0 spiro atoms. The van der Waals surface area contributed by atoms with Crippen molar-refractivity contribution in [3.63, 3.8) is 0 Å². The van der Waals surface area contributed by atoms with Crippen molar-refractivity contribution in [1.29, 1.82) is 0 Å². The Balaban J connectivity index is 4.14. The topological polar surface area (TPSA) is 26.3 Å². The lowest BCUT2D eigenvalue weighted by atomic mass is 10.2. The number of hydrogen-bond donors (Lipinski definition) is 0. The fourth-order valence-electron chi connectivity index (χ4n) is 0.781. The lowest BCUT2D eigenvalue weighted by molar-refractivity contribution is -0.143. The van der Waals surface area contributed by atoms with Gasteiger partial charge in [0.15, 0.2) is 0 Å². The van der Waals surface area contributed by atoms with Crippen molar-refractivity contribution in [2.45, 2.75) is 39.7 Å². The smallest absolute Gasteiger partial charge is 0.335 e. The molecule has 0 aliphatic rings. The molecule has 0 aromatic carbocycles. The van der Waals surface area contributed by atoms with Crippen LogP contribution in [-0.4, -0.2) is 18.0 Å². The van der Waals surface area contributed by atoms with Gasteiger partial charge in [-0.1, -0.05) is 19.9 Å². The second kappa shape index (κ2) is 6.96. The molecule has 0 rings (SSSR count). The summed E-state index contributed by atoms with van der Waals surface area (Å²) in [5.74, 6) is -0.0606. The molecule has 0 amide bonds. The number of alkyl halides is 1. The average molecular weight is 205 g/mol. The standard InChI is InChI=1S/C10H17ClO2/c1-4-6-9(7-11)10(12)13-8(3)5-2/h6,8H,4-5,7H2,1-3H3. The van der Waals surface area contributed by atoms with Crippen LogP contribution < -0.4 is 0 Å². The molecule has 0 aromatic rings. The summed E-state index contributed by atoms with van der Waals surface area (Å²) in [6.45, 7) is 5.81. The summed E-state index contributed by atoms with van der Waals surface area (Å²) in [6, 6.07) is 0. The van der Waals surface area contributed by atoms with E-state index in [4.69, 9.17) is 16.3 Å². The van der Waals surface area contributed by atoms with Crippen molar-refractivity contribution < 1.29 is 9.53 Å². The van der Waals surface area contributed by atoms with Crippen molar-refractivity contribution in [2.75, 3.05) is 5.88 Å². The van der Waals surface area contributed by atoms with Gasteiger partial charge in [-0.25, -0.2) is 4.79 Å². The van der Waals surface area contributed by atoms with Crippen molar-refractivity contribution in [1.82, 2.24) is 0 Å². The monoisotopic (exact) mass is 204 g/mol. The molecule has 0 heterocycles. The van der Waals surface area contributed by atoms with Gasteiger partial charge in [0.2, 0.25) is 0 Å². The Hall–Kier alpha value is -0.500. The van der Waals surface area contributed by atoms with E-state index < -0.39 is 0 Å². The van der Waals surface area contributed by atoms with Gasteiger partial charge in [0.1, 0.15) is 0 Å². The molecule has 0 radical (unpaired) electrons. The maximum atomic E-state index is 11.4. The highest BCUT2D eigenvalue weighted by Crippen LogP contribution is 2.06. The van der Waals surface area contributed by atoms with Gasteiger partial charge in [0, 0.05) is 5.57 Å². The molecule has 1 atom stereocenters. The zero-order valence-electron chi connectivity index (χ0n) is 8.47. The zero-order valence-corrected chi connectivity index (χ0v) is 9.23. The second-order valence-corrected chi connectivity index (χ2v) is 3.16. The molecule has 2 nitrogen and oxygen atoms in total. The van der Waals surface area contributed by atoms with Crippen LogP contribution in [0, 0.1) is 0 Å². The molecule has 0 aliphatic heterocycles. The fourth-order valence-corrected chi connectivity index (χ4v) is 0.999. The van der Waals surface area contributed by atoms with E-state index in [1.165, 1.54) is 0 Å². The van der Waals surface area contributed by atoms with Gasteiger partial charge in [-0.05, 0) is 19.8 Å². The number of carbonyl (C=O) groups is 1. The third kappa shape index (κ3) is 4.94. The number of halogens is 1. The average Bonchev–Trinajstić information content (AvgIpc) is 2.13. The molecule has 0 saturated heterocycles. The van der Waals surface area contributed by atoms with Crippen LogP contribution in [0.4, 0.5) is 0 Å². The molecule has 0 saturated carbocycles. The van der Waals surface area contributed by atoms with Gasteiger partial charge in [-0.2, -0.15) is 0 Å². The molecule has 1 unspecified atom stereocenters. The van der Waals surface area contributed by atoms with Crippen molar-refractivity contribution in [2.24, 2.45) is 0 Å². The third-order valence-corrected chi connectivity index (χ3v) is 2.03. The largest absolute Gasteiger partial charge is 0.459 e. The summed E-state index contributed by atoms with van der Waals surface area (Å²) >= 11 is 5.60. The summed E-state index contributed by atoms with van der Waals surface area (Å²) in [5.41, 5.74) is 0.560. The second-order valence-electron chi connectivity index (χ2n) is 2.90. The highest BCUT2D eigenvalue weighted by molar-refractivity contribution is 6.22. The minimum atomic E-state index is -0.286. The maximum Gasteiger partial charge on any atom is 0.335 e. The molecule has 0 N–H and O–H groups in total. The first-order valence-electron chi connectivity index (χ1n) is 4.61. The predicted molar refractivity (Wildman–Crippen MR) is 54.9 cm³/mol. The Morgan fingerprint density at radius 3 is 2.54 bits per heavy atom. The SMILES string of the molecule is CCC=C(CCl)C(=O)OC(C)CC. The minimum absolute atomic E-state index is 0.0315. The zero-order chi connectivity index (χ0) is 10.3. The first-order valence-corrected chi connectivity index (χ1v) is 5.15. The van der Waals surface area contributed by atoms with Crippen molar-refractivity contribution in [3.8, 4) is 0 Å². The van der Waals surface area contributed by atoms with E-state index in [0.29, 0.717) is 5.57 Å². The summed E-state index contributed by atoms with van der Waals surface area (Å²) in [5, 5.41) is 0. The van der Waals surface area contributed by atoms with Crippen molar-refractivity contribution >= 4 is 17.6 Å². The Labute approximate surface area is 84.9 Å². The van der Waals surface area contributed by atoms with Gasteiger partial charge in [0.25, 0.3) is 0 Å². The summed E-state index contributed by atoms with van der Waals surface area (Å²) < 4.78 is 5.11. The highest BCUT2D eigenvalue weighted by Gasteiger charge is 2.11. The van der Waals surface area contributed by atoms with Crippen LogP contribution >= 0.6 is 11.6 Å². The molecule has 76 valence electrons. The Morgan fingerprint density at radius 2 is 2.15 bits per heavy atom. The van der Waals surface area contributed by atoms with Crippen LogP contribution in [-0.2, 0) is 9.53 Å². The van der Waals surface area contributed by atoms with Gasteiger partial charge in [-0.15, -0.1) is 11.6 Å². The minimum Gasteiger partial charge on any atom is -0.459 e. The number of carbonyl (C=O) groups excluding carboxylic acids is 1. The number of esters is 1. The maximum absolute atomic E-state index is 11.4. The lowest BCUT2D eigenvalue weighted by Gasteiger charge is -2.11. The van der Waals surface area contributed by atoms with Crippen molar-refractivity contribution in [3.05, 3.63) is 11.6 Å². The number of allylic oxidation sites excluding steroid dienone is 1. The van der Waals surface area contributed by atoms with E-state index >= 15 is 0 Å². The summed E-state index contributed by atoms with van der Waals surface area (Å²) in [6.07, 6.45) is 3.40. The van der Waals surface area contributed by atoms with Crippen LogP contribution in [0.1, 0.15) is 33.6 Å². The number of rotatable bonds is 5. The van der Waals surface area contributed by atoms with E-state index in [2.05, 4.69) is 0 Å². The molecule has 0 aliphatic carbocycles. The van der Waals surface area contributed by atoms with Crippen LogP contribution in [0.15, 0.2) is 11.6 Å². The van der Waals surface area contributed by atoms with E-state index in [-0.39, 0.29) is 18.0 Å². The molecule has 0 aromatic heterocycles. The normalized spacial score (nSPS) is 14.0.